The third-order valence-electron chi connectivity index (χ3n) is 3.68. The quantitative estimate of drug-likeness (QED) is 0.792. The van der Waals surface area contributed by atoms with Crippen molar-refractivity contribution >= 4 is 22.8 Å². The second-order valence-electron chi connectivity index (χ2n) is 4.93. The van der Waals surface area contributed by atoms with Crippen LogP contribution in [0.2, 0.25) is 0 Å². The van der Waals surface area contributed by atoms with Crippen molar-refractivity contribution in [1.29, 1.82) is 0 Å². The van der Waals surface area contributed by atoms with Gasteiger partial charge in [0.15, 0.2) is 5.16 Å². The molecule has 20 heavy (non-hydrogen) atoms. The van der Waals surface area contributed by atoms with Crippen LogP contribution in [0.3, 0.4) is 0 Å². The van der Waals surface area contributed by atoms with E-state index in [0.29, 0.717) is 0 Å². The summed E-state index contributed by atoms with van der Waals surface area (Å²) in [6.07, 6.45) is 0. The molecule has 1 fully saturated rings. The number of imidazole rings is 1. The van der Waals surface area contributed by atoms with E-state index in [2.05, 4.69) is 40.7 Å². The maximum atomic E-state index is 5.38. The second-order valence-corrected chi connectivity index (χ2v) is 5.99. The Balaban J connectivity index is 1.64. The largest absolute Gasteiger partial charge is 0.379 e. The molecule has 0 N–H and O–H groups in total. The smallest absolute Gasteiger partial charge is 0.169 e. The minimum atomic E-state index is 0.873. The fourth-order valence-electron chi connectivity index (χ4n) is 2.56. The summed E-state index contributed by atoms with van der Waals surface area (Å²) in [5.41, 5.74) is 2.34. The van der Waals surface area contributed by atoms with Gasteiger partial charge in [0, 0.05) is 31.9 Å². The highest BCUT2D eigenvalue weighted by atomic mass is 32.2. The number of fused-ring (bicyclic) bond motifs is 1. The summed E-state index contributed by atoms with van der Waals surface area (Å²) < 4.78 is 7.68. The molecule has 0 aliphatic carbocycles. The number of rotatable bonds is 5. The SMILES string of the molecule is CCn1c(SCCN2CCOCC2)nc2ccccc21. The molecule has 108 valence electrons. The van der Waals surface area contributed by atoms with Crippen LogP contribution < -0.4 is 0 Å². The third kappa shape index (κ3) is 3.00. The van der Waals surface area contributed by atoms with Crippen molar-refractivity contribution in [3.63, 3.8) is 0 Å². The maximum absolute atomic E-state index is 5.38. The standard InChI is InChI=1S/C15H21N3OS/c1-2-18-14-6-4-3-5-13(14)16-15(18)20-12-9-17-7-10-19-11-8-17/h3-6H,2,7-12H2,1H3. The van der Waals surface area contributed by atoms with Crippen LogP contribution in [0.5, 0.6) is 0 Å². The van der Waals surface area contributed by atoms with Gasteiger partial charge in [0.25, 0.3) is 0 Å². The van der Waals surface area contributed by atoms with Crippen LogP contribution >= 0.6 is 11.8 Å². The molecular formula is C15H21N3OS. The van der Waals surface area contributed by atoms with Crippen molar-refractivity contribution in [3.05, 3.63) is 24.3 Å². The van der Waals surface area contributed by atoms with Crippen LogP contribution in [-0.2, 0) is 11.3 Å². The van der Waals surface area contributed by atoms with E-state index in [1.807, 2.05) is 11.8 Å². The number of morpholine rings is 1. The Morgan fingerprint density at radius 2 is 2.05 bits per heavy atom. The predicted octanol–water partition coefficient (Wildman–Crippen LogP) is 2.48. The van der Waals surface area contributed by atoms with E-state index < -0.39 is 0 Å². The molecule has 0 spiro atoms. The lowest BCUT2D eigenvalue weighted by Crippen LogP contribution is -2.37. The Hall–Kier alpha value is -1.04. The molecule has 5 heteroatoms. The fraction of sp³-hybridized carbons (Fsp3) is 0.533. The van der Waals surface area contributed by atoms with Crippen LogP contribution in [-0.4, -0.2) is 53.1 Å². The van der Waals surface area contributed by atoms with Crippen molar-refractivity contribution in [2.45, 2.75) is 18.6 Å². The number of benzene rings is 1. The lowest BCUT2D eigenvalue weighted by molar-refractivity contribution is 0.0410. The number of hydrogen-bond donors (Lipinski definition) is 0. The van der Waals surface area contributed by atoms with Crippen molar-refractivity contribution in [1.82, 2.24) is 14.5 Å². The highest BCUT2D eigenvalue weighted by molar-refractivity contribution is 7.99. The van der Waals surface area contributed by atoms with Crippen molar-refractivity contribution < 1.29 is 4.74 Å². The topological polar surface area (TPSA) is 30.3 Å². The van der Waals surface area contributed by atoms with Crippen molar-refractivity contribution in [2.75, 3.05) is 38.6 Å². The number of nitrogens with zero attached hydrogens (tertiary/aromatic N) is 3. The van der Waals surface area contributed by atoms with Crippen LogP contribution in [0.1, 0.15) is 6.92 Å². The van der Waals surface area contributed by atoms with Crippen LogP contribution in [0, 0.1) is 0 Å². The summed E-state index contributed by atoms with van der Waals surface area (Å²) in [6.45, 7) is 8.13. The first-order valence-corrected chi connectivity index (χ1v) is 8.25. The maximum Gasteiger partial charge on any atom is 0.169 e. The molecule has 1 aromatic carbocycles. The van der Waals surface area contributed by atoms with Gasteiger partial charge in [-0.15, -0.1) is 0 Å². The summed E-state index contributed by atoms with van der Waals surface area (Å²) >= 11 is 1.86. The normalized spacial score (nSPS) is 16.9. The minimum absolute atomic E-state index is 0.873. The van der Waals surface area contributed by atoms with E-state index in [9.17, 15) is 0 Å². The summed E-state index contributed by atoms with van der Waals surface area (Å²) in [4.78, 5) is 7.22. The average molecular weight is 291 g/mol. The first-order valence-electron chi connectivity index (χ1n) is 7.26. The van der Waals surface area contributed by atoms with Crippen LogP contribution in [0.4, 0.5) is 0 Å². The fourth-order valence-corrected chi connectivity index (χ4v) is 3.64. The minimum Gasteiger partial charge on any atom is -0.379 e. The molecular weight excluding hydrogens is 270 g/mol. The predicted molar refractivity (Wildman–Crippen MR) is 83.4 cm³/mol. The number of hydrogen-bond acceptors (Lipinski definition) is 4. The molecule has 0 radical (unpaired) electrons. The van der Waals surface area contributed by atoms with Crippen molar-refractivity contribution in [2.24, 2.45) is 0 Å². The number of aromatic nitrogens is 2. The zero-order valence-corrected chi connectivity index (χ0v) is 12.7. The molecule has 1 aliphatic heterocycles. The summed E-state index contributed by atoms with van der Waals surface area (Å²) in [5, 5.41) is 1.14. The summed E-state index contributed by atoms with van der Waals surface area (Å²) in [5.74, 6) is 1.09. The van der Waals surface area contributed by atoms with Gasteiger partial charge in [-0.2, -0.15) is 0 Å². The van der Waals surface area contributed by atoms with Gasteiger partial charge in [-0.05, 0) is 19.1 Å². The van der Waals surface area contributed by atoms with Gasteiger partial charge in [-0.1, -0.05) is 23.9 Å². The molecule has 1 aliphatic rings. The number of ether oxygens (including phenoxy) is 1. The lowest BCUT2D eigenvalue weighted by atomic mass is 10.3. The molecule has 1 aromatic heterocycles. The van der Waals surface area contributed by atoms with E-state index in [-0.39, 0.29) is 0 Å². The summed E-state index contributed by atoms with van der Waals surface area (Å²) in [7, 11) is 0. The molecule has 2 heterocycles. The Kier molecular flexibility index (Phi) is 4.60. The molecule has 0 bridgehead atoms. The first-order chi connectivity index (χ1) is 9.88. The Morgan fingerprint density at radius 1 is 1.25 bits per heavy atom. The van der Waals surface area contributed by atoms with E-state index in [1.54, 1.807) is 0 Å². The Morgan fingerprint density at radius 3 is 2.85 bits per heavy atom. The van der Waals surface area contributed by atoms with E-state index in [0.717, 1.165) is 55.8 Å². The molecule has 2 aromatic rings. The van der Waals surface area contributed by atoms with Gasteiger partial charge < -0.3 is 9.30 Å². The molecule has 0 saturated carbocycles. The zero-order valence-electron chi connectivity index (χ0n) is 11.9. The molecule has 1 saturated heterocycles. The van der Waals surface area contributed by atoms with Crippen LogP contribution in [0.15, 0.2) is 29.4 Å². The molecule has 0 atom stereocenters. The number of thioether (sulfide) groups is 1. The van der Waals surface area contributed by atoms with E-state index in [4.69, 9.17) is 9.72 Å². The second kappa shape index (κ2) is 6.61. The van der Waals surface area contributed by atoms with Gasteiger partial charge in [-0.25, -0.2) is 4.98 Å². The lowest BCUT2D eigenvalue weighted by Gasteiger charge is -2.26. The van der Waals surface area contributed by atoms with Crippen molar-refractivity contribution in [3.8, 4) is 0 Å². The number of aryl methyl sites for hydroxylation is 1. The van der Waals surface area contributed by atoms with E-state index in [1.165, 1.54) is 5.52 Å². The van der Waals surface area contributed by atoms with Gasteiger partial charge in [-0.3, -0.25) is 4.90 Å². The van der Waals surface area contributed by atoms with Gasteiger partial charge >= 0.3 is 0 Å². The molecule has 4 nitrogen and oxygen atoms in total. The Bertz CT molecular complexity index is 563. The van der Waals surface area contributed by atoms with Crippen LogP contribution in [0.25, 0.3) is 11.0 Å². The molecule has 0 amide bonds. The zero-order chi connectivity index (χ0) is 13.8. The monoisotopic (exact) mass is 291 g/mol. The van der Waals surface area contributed by atoms with Gasteiger partial charge in [0.2, 0.25) is 0 Å². The summed E-state index contributed by atoms with van der Waals surface area (Å²) in [6, 6.07) is 8.38. The third-order valence-corrected chi connectivity index (χ3v) is 4.63. The molecule has 3 rings (SSSR count). The number of para-hydroxylation sites is 2. The van der Waals surface area contributed by atoms with E-state index >= 15 is 0 Å². The average Bonchev–Trinajstić information content (AvgIpc) is 2.86. The van der Waals surface area contributed by atoms with Gasteiger partial charge in [0.1, 0.15) is 0 Å². The first kappa shape index (κ1) is 13.9. The molecule has 0 unspecified atom stereocenters. The highest BCUT2D eigenvalue weighted by Crippen LogP contribution is 2.23. The van der Waals surface area contributed by atoms with Gasteiger partial charge in [0.05, 0.1) is 24.2 Å². The Labute approximate surface area is 124 Å². The highest BCUT2D eigenvalue weighted by Gasteiger charge is 2.12.